The van der Waals surface area contributed by atoms with Crippen molar-refractivity contribution in [3.05, 3.63) is 48.0 Å². The van der Waals surface area contributed by atoms with Crippen LogP contribution in [0, 0.1) is 0 Å². The SMILES string of the molecule is CN=C(NCc1cccnc1N(C)C)NCC(c1ccco1)N1CCCC1. The second kappa shape index (κ2) is 9.41. The van der Waals surface area contributed by atoms with Crippen molar-refractivity contribution in [2.45, 2.75) is 25.4 Å². The zero-order valence-electron chi connectivity index (χ0n) is 16.5. The van der Waals surface area contributed by atoms with Crippen LogP contribution < -0.4 is 15.5 Å². The van der Waals surface area contributed by atoms with Crippen molar-refractivity contribution in [1.82, 2.24) is 20.5 Å². The van der Waals surface area contributed by atoms with Gasteiger partial charge in [0.2, 0.25) is 0 Å². The Labute approximate surface area is 161 Å². The summed E-state index contributed by atoms with van der Waals surface area (Å²) in [5.74, 6) is 2.74. The fraction of sp³-hybridized carbons (Fsp3) is 0.500. The minimum absolute atomic E-state index is 0.219. The number of aliphatic imine (C=N–C) groups is 1. The van der Waals surface area contributed by atoms with Gasteiger partial charge in [-0.2, -0.15) is 0 Å². The molecular weight excluding hydrogens is 340 g/mol. The van der Waals surface area contributed by atoms with Crippen molar-refractivity contribution < 1.29 is 4.42 Å². The fourth-order valence-corrected chi connectivity index (χ4v) is 3.51. The number of hydrogen-bond acceptors (Lipinski definition) is 5. The van der Waals surface area contributed by atoms with Crippen LogP contribution in [-0.2, 0) is 6.54 Å². The first-order valence-corrected chi connectivity index (χ1v) is 9.52. The number of guanidine groups is 1. The number of nitrogens with zero attached hydrogens (tertiary/aromatic N) is 4. The Morgan fingerprint density at radius 3 is 2.74 bits per heavy atom. The molecule has 1 saturated heterocycles. The van der Waals surface area contributed by atoms with Gasteiger partial charge in [-0.25, -0.2) is 4.98 Å². The molecule has 0 aliphatic carbocycles. The fourth-order valence-electron chi connectivity index (χ4n) is 3.51. The number of nitrogens with one attached hydrogen (secondary N) is 2. The minimum Gasteiger partial charge on any atom is -0.468 e. The number of anilines is 1. The molecule has 0 spiro atoms. The highest BCUT2D eigenvalue weighted by Gasteiger charge is 2.25. The zero-order chi connectivity index (χ0) is 19.1. The first kappa shape index (κ1) is 19.2. The Kier molecular flexibility index (Phi) is 6.70. The highest BCUT2D eigenvalue weighted by Crippen LogP contribution is 2.24. The molecule has 146 valence electrons. The summed E-state index contributed by atoms with van der Waals surface area (Å²) in [5, 5.41) is 6.85. The average molecular weight is 371 g/mol. The van der Waals surface area contributed by atoms with Gasteiger partial charge in [-0.15, -0.1) is 0 Å². The maximum absolute atomic E-state index is 5.69. The van der Waals surface area contributed by atoms with E-state index in [4.69, 9.17) is 4.42 Å². The normalized spacial score (nSPS) is 16.3. The van der Waals surface area contributed by atoms with E-state index in [-0.39, 0.29) is 6.04 Å². The van der Waals surface area contributed by atoms with E-state index in [9.17, 15) is 0 Å². The Morgan fingerprint density at radius 2 is 2.07 bits per heavy atom. The Bertz CT molecular complexity index is 722. The van der Waals surface area contributed by atoms with E-state index in [2.05, 4.69) is 37.6 Å². The highest BCUT2D eigenvalue weighted by molar-refractivity contribution is 5.79. The number of aromatic nitrogens is 1. The summed E-state index contributed by atoms with van der Waals surface area (Å²) in [6.45, 7) is 3.64. The Hall–Kier alpha value is -2.54. The van der Waals surface area contributed by atoms with Crippen LogP contribution in [0.25, 0.3) is 0 Å². The smallest absolute Gasteiger partial charge is 0.191 e. The quantitative estimate of drug-likeness (QED) is 0.575. The van der Waals surface area contributed by atoms with Crippen molar-refractivity contribution >= 4 is 11.8 Å². The maximum atomic E-state index is 5.69. The molecule has 0 aromatic carbocycles. The summed E-state index contributed by atoms with van der Waals surface area (Å²) in [5.41, 5.74) is 1.13. The molecule has 3 rings (SSSR count). The Balaban J connectivity index is 1.60. The summed E-state index contributed by atoms with van der Waals surface area (Å²) in [4.78, 5) is 13.3. The van der Waals surface area contributed by atoms with Crippen molar-refractivity contribution in [2.75, 3.05) is 45.7 Å². The molecule has 1 aliphatic rings. The summed E-state index contributed by atoms with van der Waals surface area (Å²) in [7, 11) is 5.80. The molecule has 1 atom stereocenters. The van der Waals surface area contributed by atoms with E-state index in [1.54, 1.807) is 13.3 Å². The molecule has 3 heterocycles. The van der Waals surface area contributed by atoms with Crippen molar-refractivity contribution in [3.8, 4) is 0 Å². The number of rotatable bonds is 7. The van der Waals surface area contributed by atoms with Gasteiger partial charge >= 0.3 is 0 Å². The van der Waals surface area contributed by atoms with E-state index < -0.39 is 0 Å². The van der Waals surface area contributed by atoms with E-state index in [0.29, 0.717) is 6.54 Å². The molecule has 0 radical (unpaired) electrons. The number of likely N-dealkylation sites (tertiary alicyclic amines) is 1. The minimum atomic E-state index is 0.219. The van der Waals surface area contributed by atoms with Gasteiger partial charge < -0.3 is 20.0 Å². The molecule has 1 unspecified atom stereocenters. The third-order valence-corrected chi connectivity index (χ3v) is 4.88. The van der Waals surface area contributed by atoms with Crippen molar-refractivity contribution in [2.24, 2.45) is 4.99 Å². The summed E-state index contributed by atoms with van der Waals surface area (Å²) in [6, 6.07) is 8.27. The lowest BCUT2D eigenvalue weighted by Gasteiger charge is -2.26. The Morgan fingerprint density at radius 1 is 1.26 bits per heavy atom. The van der Waals surface area contributed by atoms with Crippen molar-refractivity contribution in [3.63, 3.8) is 0 Å². The third-order valence-electron chi connectivity index (χ3n) is 4.88. The predicted octanol–water partition coefficient (Wildman–Crippen LogP) is 2.24. The molecule has 0 bridgehead atoms. The van der Waals surface area contributed by atoms with Crippen LogP contribution in [0.2, 0.25) is 0 Å². The lowest BCUT2D eigenvalue weighted by atomic mass is 10.2. The average Bonchev–Trinajstić information content (AvgIpc) is 3.39. The molecule has 7 heteroatoms. The van der Waals surface area contributed by atoms with E-state index in [1.165, 1.54) is 12.8 Å². The van der Waals surface area contributed by atoms with E-state index in [0.717, 1.165) is 42.7 Å². The molecule has 7 nitrogen and oxygen atoms in total. The van der Waals surface area contributed by atoms with Gasteiger partial charge in [0.15, 0.2) is 5.96 Å². The monoisotopic (exact) mass is 370 g/mol. The van der Waals surface area contributed by atoms with Crippen LogP contribution in [0.3, 0.4) is 0 Å². The molecule has 2 aromatic rings. The second-order valence-corrected chi connectivity index (χ2v) is 6.96. The molecule has 27 heavy (non-hydrogen) atoms. The first-order valence-electron chi connectivity index (χ1n) is 9.52. The lowest BCUT2D eigenvalue weighted by Crippen LogP contribution is -2.42. The first-order chi connectivity index (χ1) is 13.2. The largest absolute Gasteiger partial charge is 0.468 e. The van der Waals surface area contributed by atoms with Gasteiger partial charge in [-0.3, -0.25) is 9.89 Å². The second-order valence-electron chi connectivity index (χ2n) is 6.96. The van der Waals surface area contributed by atoms with Crippen molar-refractivity contribution in [1.29, 1.82) is 0 Å². The van der Waals surface area contributed by atoms with Gasteiger partial charge in [0, 0.05) is 46.0 Å². The van der Waals surface area contributed by atoms with E-state index >= 15 is 0 Å². The topological polar surface area (TPSA) is 68.9 Å². The molecule has 0 saturated carbocycles. The van der Waals surface area contributed by atoms with Crippen LogP contribution >= 0.6 is 0 Å². The van der Waals surface area contributed by atoms with Gasteiger partial charge in [0.1, 0.15) is 11.6 Å². The summed E-state index contributed by atoms with van der Waals surface area (Å²) >= 11 is 0. The van der Waals surface area contributed by atoms with Gasteiger partial charge in [0.25, 0.3) is 0 Å². The van der Waals surface area contributed by atoms with Gasteiger partial charge in [-0.1, -0.05) is 6.07 Å². The molecule has 2 aromatic heterocycles. The zero-order valence-corrected chi connectivity index (χ0v) is 16.5. The molecular formula is C20H30N6O. The number of furan rings is 1. The number of hydrogen-bond donors (Lipinski definition) is 2. The molecule has 2 N–H and O–H groups in total. The summed E-state index contributed by atoms with van der Waals surface area (Å²) in [6.07, 6.45) is 6.06. The van der Waals surface area contributed by atoms with Crippen LogP contribution in [-0.4, -0.2) is 56.6 Å². The molecule has 0 amide bonds. The molecule has 1 aliphatic heterocycles. The molecule has 1 fully saturated rings. The standard InChI is InChI=1S/C20H30N6O/c1-21-20(23-14-16-8-6-10-22-19(16)25(2)3)24-15-17(18-9-7-13-27-18)26-11-4-5-12-26/h6-10,13,17H,4-5,11-12,14-15H2,1-3H3,(H2,21,23,24). The van der Waals surface area contributed by atoms with Crippen LogP contribution in [0.5, 0.6) is 0 Å². The van der Waals surface area contributed by atoms with Crippen LogP contribution in [0.1, 0.15) is 30.2 Å². The summed E-state index contributed by atoms with van der Waals surface area (Å²) < 4.78 is 5.69. The maximum Gasteiger partial charge on any atom is 0.191 e. The third kappa shape index (κ3) is 5.01. The van der Waals surface area contributed by atoms with Crippen LogP contribution in [0.15, 0.2) is 46.1 Å². The number of pyridine rings is 1. The lowest BCUT2D eigenvalue weighted by molar-refractivity contribution is 0.215. The highest BCUT2D eigenvalue weighted by atomic mass is 16.3. The van der Waals surface area contributed by atoms with Gasteiger partial charge in [0.05, 0.1) is 12.3 Å². The van der Waals surface area contributed by atoms with E-state index in [1.807, 2.05) is 37.3 Å². The van der Waals surface area contributed by atoms with Crippen LogP contribution in [0.4, 0.5) is 5.82 Å². The predicted molar refractivity (Wildman–Crippen MR) is 109 cm³/mol. The van der Waals surface area contributed by atoms with Gasteiger partial charge in [-0.05, 0) is 44.1 Å².